The molecule has 7 heteroatoms. The molecule has 85 heavy (non-hydrogen) atoms. The summed E-state index contributed by atoms with van der Waals surface area (Å²) in [4.78, 5) is 4.85. The number of ether oxygens (including phenoxy) is 2. The van der Waals surface area contributed by atoms with Crippen LogP contribution in [0, 0.1) is 18.5 Å². The van der Waals surface area contributed by atoms with Crippen molar-refractivity contribution in [3.63, 3.8) is 0 Å². The second kappa shape index (κ2) is 22.9. The zero-order valence-electron chi connectivity index (χ0n) is 45.8. The minimum atomic E-state index is 0. The Morgan fingerprint density at radius 3 is 1.44 bits per heavy atom. The van der Waals surface area contributed by atoms with E-state index in [2.05, 4.69) is 263 Å². The molecule has 6 nitrogen and oxygen atoms in total. The zero-order valence-corrected chi connectivity index (χ0v) is 48.1. The van der Waals surface area contributed by atoms with Crippen molar-refractivity contribution in [2.24, 2.45) is 0 Å². The van der Waals surface area contributed by atoms with Gasteiger partial charge in [-0.05, 0) is 138 Å². The molecule has 0 saturated heterocycles. The van der Waals surface area contributed by atoms with Crippen LogP contribution in [0.25, 0.3) is 117 Å². The summed E-state index contributed by atoms with van der Waals surface area (Å²) in [7, 11) is 0. The molecule has 15 aromatic rings. The van der Waals surface area contributed by atoms with Crippen molar-refractivity contribution in [3.8, 4) is 107 Å². The number of hydrogen-bond acceptors (Lipinski definition) is 3. The number of fused-ring (bicyclic) bond motifs is 4. The number of para-hydroxylation sites is 5. The number of imidazole rings is 1. The molecule has 3 aromatic heterocycles. The van der Waals surface area contributed by atoms with Crippen LogP contribution >= 0.6 is 0 Å². The van der Waals surface area contributed by atoms with Gasteiger partial charge in [-0.15, -0.1) is 29.7 Å². The number of rotatable bonds is 13. The molecule has 3 heterocycles. The van der Waals surface area contributed by atoms with Gasteiger partial charge in [0.2, 0.25) is 0 Å². The Labute approximate surface area is 507 Å². The first-order valence-electron chi connectivity index (χ1n) is 28.1. The van der Waals surface area contributed by atoms with Gasteiger partial charge in [0.1, 0.15) is 17.3 Å². The van der Waals surface area contributed by atoms with Gasteiger partial charge in [-0.2, -0.15) is 18.2 Å². The Balaban J connectivity index is 0.00000640. The monoisotopic (exact) mass is 1270 g/mol. The molecule has 0 aliphatic carbocycles. The summed E-state index contributed by atoms with van der Waals surface area (Å²) >= 11 is 0. The maximum Gasteiger partial charge on any atom is 0.268 e. The minimum Gasteiger partial charge on any atom is -0.510 e. The molecule has 0 unspecified atom stereocenters. The van der Waals surface area contributed by atoms with Gasteiger partial charge in [0.15, 0.2) is 0 Å². The van der Waals surface area contributed by atoms with Crippen molar-refractivity contribution >= 4 is 32.8 Å². The average molecular weight is 1270 g/mol. The minimum absolute atomic E-state index is 0. The second-order valence-electron chi connectivity index (χ2n) is 20.7. The van der Waals surface area contributed by atoms with Crippen LogP contribution < -0.4 is 14.0 Å². The normalized spacial score (nSPS) is 11.2. The molecule has 406 valence electrons. The molecular weight excluding hydrogens is 1220 g/mol. The van der Waals surface area contributed by atoms with Crippen molar-refractivity contribution in [1.82, 2.24) is 14.1 Å². The molecular formula is C78H50N4O2Pt-2. The van der Waals surface area contributed by atoms with E-state index in [1.165, 1.54) is 0 Å². The first kappa shape index (κ1) is 52.4. The van der Waals surface area contributed by atoms with Crippen molar-refractivity contribution in [1.29, 1.82) is 0 Å². The summed E-state index contributed by atoms with van der Waals surface area (Å²) in [6.07, 6.45) is 5.70. The molecule has 0 N–H and O–H groups in total. The standard InChI is InChI=1S/C78H50N4O2.Pt/c1-6-22-54(23-7-1)58-44-59(55-24-8-2-9-25-55)47-62(46-58)69-35-21-36-70(63-48-60(56-26-10-3-11-27-56)45-61(49-63)57-28-12-4-13-29-57)78(69)81-53-80(74-38-18-19-39-75(74)81)64-30-20-33-66(50-64)84-67-40-41-72-71-34-16-17-37-73(71)82(76(72)51-67)77-52-68(42-43-79-77)83-65-31-14-5-15-32-65;/h1-49,52H;/q-2;. The SMILES string of the molecule is [Pt].[c-]1c(Oc2[c-]c3c(cc2)c2ccccc2n3-c2cc(Oc3ccccc3)ccn2)cccc1-n1[c-][n+](-c2c(-c3cc(-c4ccccc4)cc(-c4ccccc4)c3)cccc2-c2cc(-c3ccccc3)cc(-c3ccccc3)c2)c2ccccc21. The quantitative estimate of drug-likeness (QED) is 0.0854. The molecule has 0 saturated carbocycles. The molecule has 12 aromatic carbocycles. The van der Waals surface area contributed by atoms with Gasteiger partial charge < -0.3 is 18.6 Å². The van der Waals surface area contributed by atoms with E-state index < -0.39 is 0 Å². The molecule has 15 rings (SSSR count). The maximum atomic E-state index is 6.78. The Morgan fingerprint density at radius 2 is 0.847 bits per heavy atom. The van der Waals surface area contributed by atoms with Crippen LogP contribution in [0.2, 0.25) is 0 Å². The van der Waals surface area contributed by atoms with Crippen LogP contribution in [-0.4, -0.2) is 14.1 Å². The number of benzene rings is 12. The fraction of sp³-hybridized carbons (Fsp3) is 0. The third-order valence-corrected chi connectivity index (χ3v) is 15.4. The Bertz CT molecular complexity index is 4630. The Kier molecular flexibility index (Phi) is 14.2. The van der Waals surface area contributed by atoms with Crippen molar-refractivity contribution < 1.29 is 35.1 Å². The van der Waals surface area contributed by atoms with E-state index in [9.17, 15) is 0 Å². The molecule has 0 atom stereocenters. The van der Waals surface area contributed by atoms with Crippen LogP contribution in [0.1, 0.15) is 0 Å². The summed E-state index contributed by atoms with van der Waals surface area (Å²) in [5, 5.41) is 2.10. The van der Waals surface area contributed by atoms with Gasteiger partial charge in [-0.1, -0.05) is 206 Å². The van der Waals surface area contributed by atoms with Crippen LogP contribution in [0.15, 0.2) is 303 Å². The molecule has 0 bridgehead atoms. The topological polar surface area (TPSA) is 45.1 Å². The average Bonchev–Trinajstić information content (AvgIpc) is 1.90. The number of pyridine rings is 1. The van der Waals surface area contributed by atoms with Gasteiger partial charge >= 0.3 is 0 Å². The van der Waals surface area contributed by atoms with E-state index in [1.54, 1.807) is 6.20 Å². The third kappa shape index (κ3) is 10.3. The molecule has 0 spiro atoms. The molecule has 0 radical (unpaired) electrons. The van der Waals surface area contributed by atoms with Crippen LogP contribution in [0.5, 0.6) is 23.0 Å². The molecule has 0 aliphatic rings. The predicted molar refractivity (Wildman–Crippen MR) is 339 cm³/mol. The number of aromatic nitrogens is 4. The molecule has 0 aliphatic heterocycles. The number of nitrogens with zero attached hydrogens (tertiary/aromatic N) is 4. The van der Waals surface area contributed by atoms with E-state index in [-0.39, 0.29) is 21.1 Å². The van der Waals surface area contributed by atoms with E-state index in [1.807, 2.05) is 66.7 Å². The summed E-state index contributed by atoms with van der Waals surface area (Å²) in [6.45, 7) is 0. The fourth-order valence-electron chi connectivity index (χ4n) is 11.5. The Morgan fingerprint density at radius 1 is 0.353 bits per heavy atom. The largest absolute Gasteiger partial charge is 0.510 e. The summed E-state index contributed by atoms with van der Waals surface area (Å²) in [6, 6.07) is 111. The smallest absolute Gasteiger partial charge is 0.268 e. The first-order chi connectivity index (χ1) is 41.6. The van der Waals surface area contributed by atoms with Crippen LogP contribution in [0.4, 0.5) is 0 Å². The van der Waals surface area contributed by atoms with E-state index in [0.717, 1.165) is 117 Å². The fourth-order valence-corrected chi connectivity index (χ4v) is 11.5. The summed E-state index contributed by atoms with van der Waals surface area (Å²) < 4.78 is 19.5. The third-order valence-electron chi connectivity index (χ3n) is 15.4. The van der Waals surface area contributed by atoms with Crippen LogP contribution in [0.3, 0.4) is 0 Å². The van der Waals surface area contributed by atoms with Crippen molar-refractivity contribution in [2.45, 2.75) is 0 Å². The van der Waals surface area contributed by atoms with Crippen LogP contribution in [-0.2, 0) is 21.1 Å². The van der Waals surface area contributed by atoms with Gasteiger partial charge in [0.05, 0.1) is 16.7 Å². The van der Waals surface area contributed by atoms with Crippen molar-refractivity contribution in [2.75, 3.05) is 0 Å². The maximum absolute atomic E-state index is 6.78. The predicted octanol–water partition coefficient (Wildman–Crippen LogP) is 19.4. The van der Waals surface area contributed by atoms with E-state index in [4.69, 9.17) is 14.5 Å². The van der Waals surface area contributed by atoms with E-state index in [0.29, 0.717) is 23.1 Å². The zero-order chi connectivity index (χ0) is 55.8. The van der Waals surface area contributed by atoms with E-state index >= 15 is 0 Å². The van der Waals surface area contributed by atoms with Gasteiger partial charge in [0, 0.05) is 50.3 Å². The number of hydrogen-bond donors (Lipinski definition) is 0. The molecule has 0 fully saturated rings. The summed E-state index contributed by atoms with van der Waals surface area (Å²) in [5.74, 6) is 3.18. The molecule has 0 amide bonds. The van der Waals surface area contributed by atoms with Crippen molar-refractivity contribution in [3.05, 3.63) is 322 Å². The Hall–Kier alpha value is -10.7. The van der Waals surface area contributed by atoms with Gasteiger partial charge in [0.25, 0.3) is 6.33 Å². The van der Waals surface area contributed by atoms with Gasteiger partial charge in [-0.3, -0.25) is 4.57 Å². The summed E-state index contributed by atoms with van der Waals surface area (Å²) in [5.41, 5.74) is 18.8. The second-order valence-corrected chi connectivity index (χ2v) is 20.7. The van der Waals surface area contributed by atoms with Gasteiger partial charge in [-0.25, -0.2) is 4.98 Å². The first-order valence-corrected chi connectivity index (χ1v) is 28.1.